The summed E-state index contributed by atoms with van der Waals surface area (Å²) in [6, 6.07) is -0.574. The third kappa shape index (κ3) is 3.39. The Balaban J connectivity index is 1.91. The maximum atomic E-state index is 12.3. The molecule has 0 aliphatic carbocycles. The van der Waals surface area contributed by atoms with Crippen molar-refractivity contribution >= 4 is 29.4 Å². The van der Waals surface area contributed by atoms with E-state index in [0.717, 1.165) is 30.6 Å². The fraction of sp³-hybridized carbons (Fsp3) is 0.769. The summed E-state index contributed by atoms with van der Waals surface area (Å²) in [6.07, 6.45) is 4.30. The van der Waals surface area contributed by atoms with Crippen LogP contribution in [-0.4, -0.2) is 47.4 Å². The molecule has 2 aliphatic heterocycles. The van der Waals surface area contributed by atoms with E-state index in [1.807, 2.05) is 0 Å². The average molecular weight is 300 g/mol. The zero-order valence-electron chi connectivity index (χ0n) is 11.6. The fourth-order valence-electron chi connectivity index (χ4n) is 2.44. The number of thiocarbonyl (C=S) groups is 1. The van der Waals surface area contributed by atoms with Crippen molar-refractivity contribution in [1.29, 1.82) is 0 Å². The minimum absolute atomic E-state index is 0.233. The lowest BCUT2D eigenvalue weighted by Crippen LogP contribution is -2.48. The van der Waals surface area contributed by atoms with Gasteiger partial charge in [-0.3, -0.25) is 4.79 Å². The summed E-state index contributed by atoms with van der Waals surface area (Å²) in [6.45, 7) is 2.70. The molecule has 0 aromatic carbocycles. The summed E-state index contributed by atoms with van der Waals surface area (Å²) in [5.41, 5.74) is 0. The lowest BCUT2D eigenvalue weighted by molar-refractivity contribution is -0.130. The number of hydrogen-bond donors (Lipinski definition) is 1. The van der Waals surface area contributed by atoms with Gasteiger partial charge in [-0.15, -0.1) is 0 Å². The summed E-state index contributed by atoms with van der Waals surface area (Å²) in [4.78, 5) is 24.9. The molecular weight excluding hydrogens is 280 g/mol. The molecule has 1 N–H and O–H groups in total. The maximum Gasteiger partial charge on any atom is 0.416 e. The van der Waals surface area contributed by atoms with Gasteiger partial charge in [0, 0.05) is 0 Å². The molecule has 0 radical (unpaired) electrons. The predicted octanol–water partition coefficient (Wildman–Crippen LogP) is 1.58. The van der Waals surface area contributed by atoms with E-state index < -0.39 is 12.1 Å². The van der Waals surface area contributed by atoms with Crippen molar-refractivity contribution in [3.05, 3.63) is 0 Å². The van der Waals surface area contributed by atoms with Crippen LogP contribution in [0, 0.1) is 0 Å². The van der Waals surface area contributed by atoms with Crippen LogP contribution < -0.4 is 5.32 Å². The van der Waals surface area contributed by atoms with E-state index >= 15 is 0 Å². The Morgan fingerprint density at radius 2 is 2.25 bits per heavy atom. The molecule has 20 heavy (non-hydrogen) atoms. The maximum absolute atomic E-state index is 12.3. The van der Waals surface area contributed by atoms with Gasteiger partial charge in [-0.2, -0.15) is 0 Å². The van der Waals surface area contributed by atoms with Crippen molar-refractivity contribution in [2.24, 2.45) is 0 Å². The molecule has 112 valence electrons. The molecule has 2 fully saturated rings. The summed E-state index contributed by atoms with van der Waals surface area (Å²) in [7, 11) is 0. The molecule has 0 bridgehead atoms. The van der Waals surface area contributed by atoms with Gasteiger partial charge >= 0.3 is 6.09 Å². The smallest absolute Gasteiger partial charge is 0.416 e. The third-order valence-electron chi connectivity index (χ3n) is 3.54. The first-order valence-electron chi connectivity index (χ1n) is 7.08. The van der Waals surface area contributed by atoms with Crippen LogP contribution in [0.3, 0.4) is 0 Å². The molecule has 2 saturated heterocycles. The number of amides is 2. The van der Waals surface area contributed by atoms with Crippen molar-refractivity contribution in [3.8, 4) is 0 Å². The highest BCUT2D eigenvalue weighted by atomic mass is 32.1. The number of carbonyl (C=O) groups excluding carboxylic acids is 2. The molecule has 6 nitrogen and oxygen atoms in total. The molecule has 0 unspecified atom stereocenters. The van der Waals surface area contributed by atoms with E-state index in [0.29, 0.717) is 6.54 Å². The molecule has 7 heteroatoms. The van der Waals surface area contributed by atoms with Crippen LogP contribution in [0.5, 0.6) is 0 Å². The number of carbonyl (C=O) groups is 2. The number of nitrogens with one attached hydrogen (secondary N) is 1. The normalized spacial score (nSPS) is 25.4. The summed E-state index contributed by atoms with van der Waals surface area (Å²) < 4.78 is 10.3. The minimum atomic E-state index is -0.584. The highest BCUT2D eigenvalue weighted by Gasteiger charge is 2.42. The number of unbranched alkanes of at least 4 members (excludes halogenated alkanes) is 3. The lowest BCUT2D eigenvalue weighted by Gasteiger charge is -2.19. The van der Waals surface area contributed by atoms with E-state index in [4.69, 9.17) is 21.7 Å². The number of imide groups is 1. The molecule has 0 aromatic rings. The number of nitrogens with zero attached hydrogens (tertiary/aromatic N) is 1. The molecule has 0 spiro atoms. The van der Waals surface area contributed by atoms with Crippen LogP contribution in [0.4, 0.5) is 4.79 Å². The number of ether oxygens (including phenoxy) is 2. The first kappa shape index (κ1) is 15.0. The van der Waals surface area contributed by atoms with Gasteiger partial charge in [0.05, 0.1) is 6.54 Å². The van der Waals surface area contributed by atoms with E-state index in [9.17, 15) is 9.59 Å². The van der Waals surface area contributed by atoms with Crippen LogP contribution in [0.15, 0.2) is 0 Å². The van der Waals surface area contributed by atoms with E-state index in [1.165, 1.54) is 6.42 Å². The van der Waals surface area contributed by atoms with Crippen molar-refractivity contribution in [2.45, 2.75) is 51.2 Å². The fourth-order valence-corrected chi connectivity index (χ4v) is 2.69. The largest absolute Gasteiger partial charge is 0.465 e. The van der Waals surface area contributed by atoms with E-state index in [-0.39, 0.29) is 23.8 Å². The number of hydrogen-bond acceptors (Lipinski definition) is 5. The highest BCUT2D eigenvalue weighted by molar-refractivity contribution is 7.80. The zero-order chi connectivity index (χ0) is 14.5. The van der Waals surface area contributed by atoms with Crippen molar-refractivity contribution in [1.82, 2.24) is 10.2 Å². The van der Waals surface area contributed by atoms with Gasteiger partial charge in [-0.05, 0) is 25.1 Å². The second-order valence-corrected chi connectivity index (χ2v) is 5.39. The van der Waals surface area contributed by atoms with Gasteiger partial charge in [0.15, 0.2) is 0 Å². The molecule has 2 aliphatic rings. The first-order chi connectivity index (χ1) is 9.63. The van der Waals surface area contributed by atoms with Crippen molar-refractivity contribution in [3.63, 3.8) is 0 Å². The van der Waals surface area contributed by atoms with Gasteiger partial charge in [0.2, 0.25) is 0 Å². The third-order valence-corrected chi connectivity index (χ3v) is 3.75. The second-order valence-electron chi connectivity index (χ2n) is 5.02. The zero-order valence-corrected chi connectivity index (χ0v) is 12.4. The minimum Gasteiger partial charge on any atom is -0.465 e. The average Bonchev–Trinajstić information content (AvgIpc) is 3.00. The summed E-state index contributed by atoms with van der Waals surface area (Å²) in [5.74, 6) is -0.312. The molecular formula is C13H20N2O4S. The molecule has 0 aromatic heterocycles. The Hall–Kier alpha value is -1.37. The predicted molar refractivity (Wildman–Crippen MR) is 76.2 cm³/mol. The van der Waals surface area contributed by atoms with Crippen molar-refractivity contribution in [2.75, 3.05) is 13.2 Å². The molecule has 0 saturated carbocycles. The number of rotatable bonds is 6. The van der Waals surface area contributed by atoms with Crippen LogP contribution in [-0.2, 0) is 14.3 Å². The van der Waals surface area contributed by atoms with Gasteiger partial charge in [0.1, 0.15) is 18.8 Å². The van der Waals surface area contributed by atoms with Crippen LogP contribution in [0.2, 0.25) is 0 Å². The Labute approximate surface area is 123 Å². The Kier molecular flexibility index (Phi) is 5.17. The standard InChI is InChI=1S/C13H20N2O4S/c1-2-3-4-5-6-9-10(14-12(20)19-9)11(16)15-7-8-18-13(15)17/h9-10H,2-8H2,1H3,(H,14,20)/t9-,10+/m1/s1. The molecule has 2 heterocycles. The van der Waals surface area contributed by atoms with Crippen LogP contribution in [0.25, 0.3) is 0 Å². The van der Waals surface area contributed by atoms with Gasteiger partial charge in [-0.25, -0.2) is 9.69 Å². The van der Waals surface area contributed by atoms with Gasteiger partial charge in [-0.1, -0.05) is 26.2 Å². The van der Waals surface area contributed by atoms with Crippen LogP contribution in [0.1, 0.15) is 39.0 Å². The van der Waals surface area contributed by atoms with Crippen molar-refractivity contribution < 1.29 is 19.1 Å². The quantitative estimate of drug-likeness (QED) is 0.593. The monoisotopic (exact) mass is 300 g/mol. The Morgan fingerprint density at radius 1 is 1.45 bits per heavy atom. The highest BCUT2D eigenvalue weighted by Crippen LogP contribution is 2.20. The topological polar surface area (TPSA) is 67.9 Å². The lowest BCUT2D eigenvalue weighted by atomic mass is 10.0. The number of cyclic esters (lactones) is 1. The Bertz CT molecular complexity index is 402. The first-order valence-corrected chi connectivity index (χ1v) is 7.49. The summed E-state index contributed by atoms with van der Waals surface area (Å²) in [5, 5.41) is 3.09. The SMILES string of the molecule is CCCCCC[C@H]1OC(=S)N[C@@H]1C(=O)N1CCOC1=O. The van der Waals surface area contributed by atoms with Gasteiger partial charge in [0.25, 0.3) is 11.1 Å². The molecule has 2 rings (SSSR count). The van der Waals surface area contributed by atoms with E-state index in [2.05, 4.69) is 12.2 Å². The summed E-state index contributed by atoms with van der Waals surface area (Å²) >= 11 is 4.98. The van der Waals surface area contributed by atoms with Gasteiger partial charge < -0.3 is 14.8 Å². The molecule has 2 atom stereocenters. The Morgan fingerprint density at radius 3 is 2.90 bits per heavy atom. The van der Waals surface area contributed by atoms with Crippen LogP contribution >= 0.6 is 12.2 Å². The molecule has 2 amide bonds. The van der Waals surface area contributed by atoms with E-state index in [1.54, 1.807) is 0 Å². The second kappa shape index (κ2) is 6.88.